The van der Waals surface area contributed by atoms with Crippen molar-refractivity contribution in [3.8, 4) is 11.1 Å². The lowest BCUT2D eigenvalue weighted by molar-refractivity contribution is -0.160. The molecule has 1 N–H and O–H groups in total. The summed E-state index contributed by atoms with van der Waals surface area (Å²) in [4.78, 5) is 22.8. The number of aryl methyl sites for hydroxylation is 5. The topological polar surface area (TPSA) is 65.9 Å². The predicted octanol–water partition coefficient (Wildman–Crippen LogP) is 8.42. The minimum Gasteiger partial charge on any atom is -0.479 e. The van der Waals surface area contributed by atoms with Crippen LogP contribution in [0.25, 0.3) is 11.1 Å². The Morgan fingerprint density at radius 3 is 2.20 bits per heavy atom. The van der Waals surface area contributed by atoms with Crippen LogP contribution >= 0.6 is 0 Å². The monoisotopic (exact) mass is 611 g/mol. The number of hydrogen-bond donors (Lipinski definition) is 1. The molecular formula is C39H53N3O3. The average Bonchev–Trinajstić information content (AvgIpc) is 2.93. The van der Waals surface area contributed by atoms with Crippen molar-refractivity contribution in [3.05, 3.63) is 80.7 Å². The molecule has 45 heavy (non-hydrogen) atoms. The Morgan fingerprint density at radius 1 is 0.956 bits per heavy atom. The molecule has 1 unspecified atom stereocenters. The van der Waals surface area contributed by atoms with Gasteiger partial charge in [0.25, 0.3) is 0 Å². The van der Waals surface area contributed by atoms with Crippen LogP contribution in [0.2, 0.25) is 0 Å². The summed E-state index contributed by atoms with van der Waals surface area (Å²) in [7, 11) is 0. The SMILES string of the molecule is Cc1cc(C)c(CN2CCc3cc(-c4c(C)nc(C)c(C(OC(C)(C)C)C(=O)O)c4N4CCC(C)(C)CC4)ccc3C2)c(C)c1. The smallest absolute Gasteiger partial charge is 0.337 e. The normalized spacial score (nSPS) is 17.7. The maximum atomic E-state index is 12.8. The minimum absolute atomic E-state index is 0.259. The Labute approximate surface area is 270 Å². The molecule has 0 amide bonds. The van der Waals surface area contributed by atoms with E-state index in [4.69, 9.17) is 9.72 Å². The zero-order valence-corrected chi connectivity index (χ0v) is 29.2. The number of fused-ring (bicyclic) bond motifs is 1. The molecule has 2 aromatic carbocycles. The highest BCUT2D eigenvalue weighted by Gasteiger charge is 2.36. The second-order valence-electron chi connectivity index (χ2n) is 15.3. The van der Waals surface area contributed by atoms with E-state index >= 15 is 0 Å². The predicted molar refractivity (Wildman–Crippen MR) is 184 cm³/mol. The van der Waals surface area contributed by atoms with Crippen LogP contribution in [-0.2, 0) is 29.0 Å². The van der Waals surface area contributed by atoms with Crippen LogP contribution in [-0.4, -0.2) is 46.2 Å². The van der Waals surface area contributed by atoms with Crippen molar-refractivity contribution in [1.29, 1.82) is 0 Å². The Kier molecular flexibility index (Phi) is 9.23. The number of nitrogens with zero attached hydrogens (tertiary/aromatic N) is 3. The van der Waals surface area contributed by atoms with E-state index in [-0.39, 0.29) is 5.41 Å². The van der Waals surface area contributed by atoms with Gasteiger partial charge >= 0.3 is 5.97 Å². The number of carbonyl (C=O) groups is 1. The van der Waals surface area contributed by atoms with Gasteiger partial charge in [-0.15, -0.1) is 0 Å². The number of hydrogen-bond acceptors (Lipinski definition) is 5. The molecule has 0 saturated carbocycles. The molecule has 0 spiro atoms. The molecule has 1 saturated heterocycles. The van der Waals surface area contributed by atoms with Crippen LogP contribution < -0.4 is 4.90 Å². The third-order valence-electron chi connectivity index (χ3n) is 9.78. The fourth-order valence-electron chi connectivity index (χ4n) is 7.34. The van der Waals surface area contributed by atoms with E-state index in [2.05, 4.69) is 81.7 Å². The first kappa shape index (κ1) is 33.2. The zero-order valence-electron chi connectivity index (χ0n) is 29.2. The Morgan fingerprint density at radius 2 is 1.60 bits per heavy atom. The van der Waals surface area contributed by atoms with Crippen LogP contribution in [0.3, 0.4) is 0 Å². The lowest BCUT2D eigenvalue weighted by Gasteiger charge is -2.41. The van der Waals surface area contributed by atoms with Crippen LogP contribution in [0.15, 0.2) is 30.3 Å². The Balaban J connectivity index is 1.56. The molecule has 3 aromatic rings. The van der Waals surface area contributed by atoms with Crippen molar-refractivity contribution >= 4 is 11.7 Å². The van der Waals surface area contributed by atoms with E-state index in [1.54, 1.807) is 0 Å². The van der Waals surface area contributed by atoms with Gasteiger partial charge in [0.2, 0.25) is 0 Å². The van der Waals surface area contributed by atoms with Crippen LogP contribution in [0.4, 0.5) is 5.69 Å². The van der Waals surface area contributed by atoms with Gasteiger partial charge in [0, 0.05) is 55.2 Å². The van der Waals surface area contributed by atoms with Gasteiger partial charge in [0.15, 0.2) is 6.10 Å². The number of pyridine rings is 1. The number of aliphatic carboxylic acids is 1. The van der Waals surface area contributed by atoms with Gasteiger partial charge in [-0.3, -0.25) is 9.88 Å². The second-order valence-corrected chi connectivity index (χ2v) is 15.3. The van der Waals surface area contributed by atoms with Crippen molar-refractivity contribution in [2.24, 2.45) is 5.41 Å². The summed E-state index contributed by atoms with van der Waals surface area (Å²) in [5.41, 5.74) is 13.3. The largest absolute Gasteiger partial charge is 0.479 e. The second kappa shape index (κ2) is 12.5. The van der Waals surface area contributed by atoms with Gasteiger partial charge in [-0.25, -0.2) is 4.79 Å². The van der Waals surface area contributed by atoms with Crippen molar-refractivity contribution in [2.75, 3.05) is 24.5 Å². The molecule has 5 rings (SSSR count). The van der Waals surface area contributed by atoms with Crippen LogP contribution in [0, 0.1) is 40.0 Å². The summed E-state index contributed by atoms with van der Waals surface area (Å²) < 4.78 is 6.27. The highest BCUT2D eigenvalue weighted by Crippen LogP contribution is 2.45. The molecule has 242 valence electrons. The lowest BCUT2D eigenvalue weighted by Crippen LogP contribution is -2.39. The van der Waals surface area contributed by atoms with E-state index in [9.17, 15) is 9.90 Å². The summed E-state index contributed by atoms with van der Waals surface area (Å²) in [5, 5.41) is 10.5. The first-order chi connectivity index (χ1) is 21.0. The molecule has 3 heterocycles. The molecule has 1 fully saturated rings. The highest BCUT2D eigenvalue weighted by atomic mass is 16.5. The van der Waals surface area contributed by atoms with Crippen molar-refractivity contribution < 1.29 is 14.6 Å². The summed E-state index contributed by atoms with van der Waals surface area (Å²) in [5.74, 6) is -0.979. The summed E-state index contributed by atoms with van der Waals surface area (Å²) in [6, 6.07) is 11.4. The number of carboxylic acid groups (broad SMARTS) is 1. The Bertz CT molecular complexity index is 1570. The lowest BCUT2D eigenvalue weighted by atomic mass is 9.81. The number of rotatable bonds is 7. The number of piperidine rings is 1. The third kappa shape index (κ3) is 7.28. The number of anilines is 1. The standard InChI is InChI=1S/C39H53N3O3/c1-24-19-25(2)32(26(3)20-24)23-41-16-13-29-21-30(11-12-31(29)22-41)33-27(4)40-28(5)34(36(37(43)44)45-38(6,7)8)35(33)42-17-14-39(9,10)15-18-42/h11-12,19-21,36H,13-18,22-23H2,1-10H3,(H,43,44). The molecular weight excluding hydrogens is 558 g/mol. The number of ether oxygens (including phenoxy) is 1. The van der Waals surface area contributed by atoms with Crippen LogP contribution in [0.1, 0.15) is 104 Å². The molecule has 1 atom stereocenters. The van der Waals surface area contributed by atoms with Crippen LogP contribution in [0.5, 0.6) is 0 Å². The number of carboxylic acids is 1. The summed E-state index contributed by atoms with van der Waals surface area (Å²) in [6.45, 7) is 25.7. The molecule has 0 aliphatic carbocycles. The quantitative estimate of drug-likeness (QED) is 0.289. The van der Waals surface area contributed by atoms with E-state index in [1.165, 1.54) is 33.4 Å². The van der Waals surface area contributed by atoms with Crippen molar-refractivity contribution in [1.82, 2.24) is 9.88 Å². The molecule has 6 heteroatoms. The molecule has 2 aliphatic heterocycles. The summed E-state index contributed by atoms with van der Waals surface area (Å²) >= 11 is 0. The van der Waals surface area contributed by atoms with Gasteiger partial charge < -0.3 is 14.7 Å². The highest BCUT2D eigenvalue weighted by molar-refractivity contribution is 5.88. The molecule has 0 bridgehead atoms. The molecule has 1 aromatic heterocycles. The van der Waals surface area contributed by atoms with Gasteiger partial charge in [0.1, 0.15) is 0 Å². The average molecular weight is 612 g/mol. The first-order valence-corrected chi connectivity index (χ1v) is 16.6. The van der Waals surface area contributed by atoms with E-state index < -0.39 is 17.7 Å². The fourth-order valence-corrected chi connectivity index (χ4v) is 7.34. The van der Waals surface area contributed by atoms with Crippen molar-refractivity contribution in [2.45, 2.75) is 113 Å². The molecule has 0 radical (unpaired) electrons. The van der Waals surface area contributed by atoms with Gasteiger partial charge in [0.05, 0.1) is 11.3 Å². The van der Waals surface area contributed by atoms with Crippen molar-refractivity contribution in [3.63, 3.8) is 0 Å². The molecule has 6 nitrogen and oxygen atoms in total. The van der Waals surface area contributed by atoms with E-state index in [0.29, 0.717) is 5.56 Å². The number of aromatic nitrogens is 1. The molecule has 2 aliphatic rings. The minimum atomic E-state index is -1.11. The van der Waals surface area contributed by atoms with Gasteiger partial charge in [-0.2, -0.15) is 0 Å². The van der Waals surface area contributed by atoms with E-state index in [0.717, 1.165) is 80.2 Å². The first-order valence-electron chi connectivity index (χ1n) is 16.6. The van der Waals surface area contributed by atoms with Gasteiger partial charge in [-0.05, 0) is 113 Å². The third-order valence-corrected chi connectivity index (χ3v) is 9.78. The Hall–Kier alpha value is -3.22. The maximum absolute atomic E-state index is 12.8. The maximum Gasteiger partial charge on any atom is 0.337 e. The number of benzene rings is 2. The zero-order chi connectivity index (χ0) is 32.8. The summed E-state index contributed by atoms with van der Waals surface area (Å²) in [6.07, 6.45) is 1.96. The van der Waals surface area contributed by atoms with E-state index in [1.807, 2.05) is 27.7 Å². The van der Waals surface area contributed by atoms with Gasteiger partial charge in [-0.1, -0.05) is 49.7 Å². The fraction of sp³-hybridized carbons (Fsp3) is 0.538.